The Morgan fingerprint density at radius 3 is 2.84 bits per heavy atom. The van der Waals surface area contributed by atoms with Crippen LogP contribution in [0.25, 0.3) is 0 Å². The van der Waals surface area contributed by atoms with E-state index in [-0.39, 0.29) is 17.2 Å². The molecule has 100 valence electrons. The molecule has 1 aromatic heterocycles. The highest BCUT2D eigenvalue weighted by atomic mass is 35.5. The fraction of sp³-hybridized carbons (Fsp3) is 0.154. The number of amides is 1. The first-order valence-corrected chi connectivity index (χ1v) is 6.86. The van der Waals surface area contributed by atoms with Gasteiger partial charge in [-0.05, 0) is 36.8 Å². The molecule has 0 fully saturated rings. The number of carbonyl (C=O) groups excluding carboxylic acids is 1. The summed E-state index contributed by atoms with van der Waals surface area (Å²) in [7, 11) is 0. The van der Waals surface area contributed by atoms with Gasteiger partial charge in [0.1, 0.15) is 5.75 Å². The van der Waals surface area contributed by atoms with Gasteiger partial charge >= 0.3 is 0 Å². The molecule has 0 saturated heterocycles. The third-order valence-corrected chi connectivity index (χ3v) is 3.86. The zero-order valence-corrected chi connectivity index (χ0v) is 11.6. The first-order valence-electron chi connectivity index (χ1n) is 5.67. The third kappa shape index (κ3) is 3.62. The van der Waals surface area contributed by atoms with E-state index in [1.165, 1.54) is 29.5 Å². The van der Waals surface area contributed by atoms with Crippen LogP contribution in [-0.2, 0) is 6.42 Å². The van der Waals surface area contributed by atoms with Crippen molar-refractivity contribution in [3.63, 3.8) is 0 Å². The predicted octanol–water partition coefficient (Wildman–Crippen LogP) is 2.66. The van der Waals surface area contributed by atoms with Gasteiger partial charge in [-0.15, -0.1) is 11.3 Å². The Morgan fingerprint density at radius 1 is 1.37 bits per heavy atom. The summed E-state index contributed by atoms with van der Waals surface area (Å²) in [5.41, 5.74) is 6.31. The average Bonchev–Trinajstić information content (AvgIpc) is 2.78. The van der Waals surface area contributed by atoms with Crippen LogP contribution >= 0.6 is 22.9 Å². The number of nitrogen functional groups attached to an aromatic ring is 1. The van der Waals surface area contributed by atoms with Crippen LogP contribution in [0.2, 0.25) is 4.34 Å². The maximum atomic E-state index is 11.9. The van der Waals surface area contributed by atoms with Crippen LogP contribution in [0.4, 0.5) is 5.69 Å². The Hall–Kier alpha value is -1.72. The minimum Gasteiger partial charge on any atom is -0.508 e. The minimum atomic E-state index is -0.295. The van der Waals surface area contributed by atoms with Gasteiger partial charge in [-0.2, -0.15) is 0 Å². The number of anilines is 1. The van der Waals surface area contributed by atoms with E-state index < -0.39 is 0 Å². The number of nitrogens with one attached hydrogen (secondary N) is 1. The van der Waals surface area contributed by atoms with Crippen LogP contribution in [0.5, 0.6) is 5.75 Å². The number of hydrogen-bond donors (Lipinski definition) is 3. The molecule has 0 saturated carbocycles. The summed E-state index contributed by atoms with van der Waals surface area (Å²) in [4.78, 5) is 13.0. The molecule has 6 heteroatoms. The standard InChI is InChI=1S/C13H13ClN2O2S/c14-12-4-2-9(19-12)5-6-16-13(18)10-7-8(17)1-3-11(10)15/h1-4,7,17H,5-6,15H2,(H,16,18). The largest absolute Gasteiger partial charge is 0.508 e. The average molecular weight is 297 g/mol. The van der Waals surface area contributed by atoms with E-state index in [2.05, 4.69) is 5.32 Å². The molecule has 2 rings (SSSR count). The molecule has 0 radical (unpaired) electrons. The molecule has 0 atom stereocenters. The Balaban J connectivity index is 1.92. The lowest BCUT2D eigenvalue weighted by Gasteiger charge is -2.07. The van der Waals surface area contributed by atoms with E-state index in [9.17, 15) is 9.90 Å². The van der Waals surface area contributed by atoms with Crippen LogP contribution in [0.1, 0.15) is 15.2 Å². The van der Waals surface area contributed by atoms with Gasteiger partial charge in [-0.25, -0.2) is 0 Å². The molecule has 4 nitrogen and oxygen atoms in total. The molecule has 4 N–H and O–H groups in total. The van der Waals surface area contributed by atoms with Crippen molar-refractivity contribution >= 4 is 34.5 Å². The van der Waals surface area contributed by atoms with Gasteiger partial charge in [0.05, 0.1) is 9.90 Å². The monoisotopic (exact) mass is 296 g/mol. The van der Waals surface area contributed by atoms with Gasteiger partial charge in [-0.1, -0.05) is 11.6 Å². The molecule has 2 aromatic rings. The highest BCUT2D eigenvalue weighted by molar-refractivity contribution is 7.16. The summed E-state index contributed by atoms with van der Waals surface area (Å²) in [5.74, 6) is -0.277. The Kier molecular flexibility index (Phi) is 4.29. The zero-order chi connectivity index (χ0) is 13.8. The van der Waals surface area contributed by atoms with Crippen molar-refractivity contribution in [2.24, 2.45) is 0 Å². The Bertz CT molecular complexity index is 598. The van der Waals surface area contributed by atoms with Crippen LogP contribution in [-0.4, -0.2) is 17.6 Å². The molecule has 19 heavy (non-hydrogen) atoms. The number of nitrogens with two attached hydrogens (primary N) is 1. The van der Waals surface area contributed by atoms with Crippen molar-refractivity contribution in [1.82, 2.24) is 5.32 Å². The van der Waals surface area contributed by atoms with Gasteiger partial charge in [0.25, 0.3) is 5.91 Å². The number of aromatic hydroxyl groups is 1. The Labute approximate surface area is 119 Å². The molecular weight excluding hydrogens is 284 g/mol. The number of phenolic OH excluding ortho intramolecular Hbond substituents is 1. The van der Waals surface area contributed by atoms with E-state index in [1.54, 1.807) is 0 Å². The molecule has 1 amide bonds. The molecule has 0 aliphatic carbocycles. The lowest BCUT2D eigenvalue weighted by atomic mass is 10.1. The van der Waals surface area contributed by atoms with Gasteiger partial charge in [0.15, 0.2) is 0 Å². The lowest BCUT2D eigenvalue weighted by molar-refractivity contribution is 0.0954. The lowest BCUT2D eigenvalue weighted by Crippen LogP contribution is -2.26. The maximum absolute atomic E-state index is 11.9. The SMILES string of the molecule is Nc1ccc(O)cc1C(=O)NCCc1ccc(Cl)s1. The van der Waals surface area contributed by atoms with Gasteiger partial charge in [0, 0.05) is 17.1 Å². The molecule has 0 bridgehead atoms. The van der Waals surface area contributed by atoms with E-state index in [0.717, 1.165) is 9.21 Å². The van der Waals surface area contributed by atoms with E-state index >= 15 is 0 Å². The van der Waals surface area contributed by atoms with E-state index in [0.29, 0.717) is 18.7 Å². The summed E-state index contributed by atoms with van der Waals surface area (Å²) in [6, 6.07) is 8.06. The summed E-state index contributed by atoms with van der Waals surface area (Å²) in [6.45, 7) is 0.491. The molecule has 0 unspecified atom stereocenters. The van der Waals surface area contributed by atoms with E-state index in [1.807, 2.05) is 12.1 Å². The highest BCUT2D eigenvalue weighted by Gasteiger charge is 2.10. The van der Waals surface area contributed by atoms with Crippen LogP contribution in [0, 0.1) is 0 Å². The topological polar surface area (TPSA) is 75.3 Å². The smallest absolute Gasteiger partial charge is 0.253 e. The van der Waals surface area contributed by atoms with Crippen molar-refractivity contribution in [2.45, 2.75) is 6.42 Å². The van der Waals surface area contributed by atoms with Gasteiger partial charge in [-0.3, -0.25) is 4.79 Å². The fourth-order valence-electron chi connectivity index (χ4n) is 1.62. The number of phenols is 1. The highest BCUT2D eigenvalue weighted by Crippen LogP contribution is 2.21. The van der Waals surface area contributed by atoms with E-state index in [4.69, 9.17) is 17.3 Å². The van der Waals surface area contributed by atoms with Crippen LogP contribution in [0.3, 0.4) is 0 Å². The fourth-order valence-corrected chi connectivity index (χ4v) is 2.71. The van der Waals surface area contributed by atoms with Crippen molar-refractivity contribution in [2.75, 3.05) is 12.3 Å². The summed E-state index contributed by atoms with van der Waals surface area (Å²) >= 11 is 7.31. The first kappa shape index (κ1) is 13.7. The summed E-state index contributed by atoms with van der Waals surface area (Å²) in [6.07, 6.45) is 0.710. The van der Waals surface area contributed by atoms with Gasteiger partial charge in [0.2, 0.25) is 0 Å². The number of rotatable bonds is 4. The number of hydrogen-bond acceptors (Lipinski definition) is 4. The molecule has 0 aliphatic heterocycles. The quantitative estimate of drug-likeness (QED) is 0.600. The van der Waals surface area contributed by atoms with Gasteiger partial charge < -0.3 is 16.2 Å². The number of benzene rings is 1. The Morgan fingerprint density at radius 2 is 2.16 bits per heavy atom. The second-order valence-corrected chi connectivity index (χ2v) is 5.78. The molecule has 0 aliphatic rings. The van der Waals surface area contributed by atoms with Crippen LogP contribution < -0.4 is 11.1 Å². The van der Waals surface area contributed by atoms with Crippen molar-refractivity contribution in [3.8, 4) is 5.75 Å². The van der Waals surface area contributed by atoms with Crippen molar-refractivity contribution in [3.05, 3.63) is 45.1 Å². The second-order valence-electron chi connectivity index (χ2n) is 3.98. The second kappa shape index (κ2) is 5.95. The predicted molar refractivity (Wildman–Crippen MR) is 77.9 cm³/mol. The third-order valence-electron chi connectivity index (χ3n) is 2.57. The minimum absolute atomic E-state index is 0.0180. The maximum Gasteiger partial charge on any atom is 0.253 e. The van der Waals surface area contributed by atoms with Crippen molar-refractivity contribution < 1.29 is 9.90 Å². The van der Waals surface area contributed by atoms with Crippen LogP contribution in [0.15, 0.2) is 30.3 Å². The number of carbonyl (C=O) groups is 1. The molecule has 0 spiro atoms. The first-order chi connectivity index (χ1) is 9.06. The summed E-state index contributed by atoms with van der Waals surface area (Å²) in [5, 5.41) is 12.1. The van der Waals surface area contributed by atoms with Crippen molar-refractivity contribution in [1.29, 1.82) is 0 Å². The summed E-state index contributed by atoms with van der Waals surface area (Å²) < 4.78 is 0.735. The number of thiophene rings is 1. The normalized spacial score (nSPS) is 10.4. The molecular formula is C13H13ClN2O2S. The molecule has 1 heterocycles. The zero-order valence-electron chi connectivity index (χ0n) is 10.0. The molecule has 1 aromatic carbocycles. The number of halogens is 1.